The van der Waals surface area contributed by atoms with Gasteiger partial charge >= 0.3 is 6.09 Å². The molecule has 0 aliphatic heterocycles. The van der Waals surface area contributed by atoms with Gasteiger partial charge in [-0.25, -0.2) is 9.18 Å². The van der Waals surface area contributed by atoms with Crippen molar-refractivity contribution in [2.45, 2.75) is 33.4 Å². The fraction of sp³-hybridized carbons (Fsp3) is 0.300. The molecule has 0 spiro atoms. The molecule has 1 unspecified atom stereocenters. The van der Waals surface area contributed by atoms with E-state index in [0.29, 0.717) is 11.3 Å². The summed E-state index contributed by atoms with van der Waals surface area (Å²) in [5.74, 6) is -1.00. The summed E-state index contributed by atoms with van der Waals surface area (Å²) in [5, 5.41) is 5.24. The molecule has 0 radical (unpaired) electrons. The lowest BCUT2D eigenvalue weighted by atomic mass is 10.0. The van der Waals surface area contributed by atoms with E-state index in [4.69, 9.17) is 4.74 Å². The number of benzene rings is 2. The normalized spacial score (nSPS) is 11.7. The SMILES string of the molecule is Cc1c(F)cccc1NC(=O)C(NC(=O)OCc1ccccc1)C(C)C. The van der Waals surface area contributed by atoms with Crippen LogP contribution in [-0.4, -0.2) is 18.0 Å². The minimum absolute atomic E-state index is 0.113. The zero-order chi connectivity index (χ0) is 19.1. The van der Waals surface area contributed by atoms with E-state index in [-0.39, 0.29) is 12.5 Å². The van der Waals surface area contributed by atoms with Crippen LogP contribution in [0.4, 0.5) is 14.9 Å². The summed E-state index contributed by atoms with van der Waals surface area (Å²) in [6.45, 7) is 5.30. The molecule has 0 fully saturated rings. The molecule has 5 nitrogen and oxygen atoms in total. The van der Waals surface area contributed by atoms with Crippen molar-refractivity contribution < 1.29 is 18.7 Å². The van der Waals surface area contributed by atoms with Gasteiger partial charge in [-0.2, -0.15) is 0 Å². The number of alkyl carbamates (subject to hydrolysis) is 1. The van der Waals surface area contributed by atoms with Crippen molar-refractivity contribution in [2.75, 3.05) is 5.32 Å². The van der Waals surface area contributed by atoms with Crippen molar-refractivity contribution in [3.05, 3.63) is 65.5 Å². The van der Waals surface area contributed by atoms with Crippen molar-refractivity contribution >= 4 is 17.7 Å². The standard InChI is InChI=1S/C20H23FN2O3/c1-13(2)18(19(24)22-17-11-7-10-16(21)14(17)3)23-20(25)26-12-15-8-5-4-6-9-15/h4-11,13,18H,12H2,1-3H3,(H,22,24)(H,23,25). The minimum atomic E-state index is -0.805. The molecule has 2 rings (SSSR count). The van der Waals surface area contributed by atoms with Crippen LogP contribution in [0.25, 0.3) is 0 Å². The van der Waals surface area contributed by atoms with Gasteiger partial charge in [0.05, 0.1) is 0 Å². The quantitative estimate of drug-likeness (QED) is 0.819. The smallest absolute Gasteiger partial charge is 0.408 e. The molecule has 138 valence electrons. The van der Waals surface area contributed by atoms with Crippen LogP contribution in [0.1, 0.15) is 25.0 Å². The molecule has 2 aromatic carbocycles. The lowest BCUT2D eigenvalue weighted by Crippen LogP contribution is -2.47. The largest absolute Gasteiger partial charge is 0.445 e. The molecule has 0 aromatic heterocycles. The summed E-state index contributed by atoms with van der Waals surface area (Å²) < 4.78 is 18.8. The Bertz CT molecular complexity index is 763. The Morgan fingerprint density at radius 2 is 1.77 bits per heavy atom. The van der Waals surface area contributed by atoms with Gasteiger partial charge in [0.15, 0.2) is 0 Å². The number of carbonyl (C=O) groups is 2. The molecule has 26 heavy (non-hydrogen) atoms. The molecule has 0 saturated heterocycles. The van der Waals surface area contributed by atoms with E-state index in [0.717, 1.165) is 5.56 Å². The Balaban J connectivity index is 1.97. The van der Waals surface area contributed by atoms with Crippen molar-refractivity contribution in [3.8, 4) is 0 Å². The average Bonchev–Trinajstić information content (AvgIpc) is 2.62. The predicted molar refractivity (Wildman–Crippen MR) is 98.2 cm³/mol. The molecule has 0 aliphatic rings. The number of anilines is 1. The van der Waals surface area contributed by atoms with Gasteiger partial charge in [-0.1, -0.05) is 50.2 Å². The fourth-order valence-electron chi connectivity index (χ4n) is 2.38. The van der Waals surface area contributed by atoms with E-state index < -0.39 is 23.9 Å². The molecule has 6 heteroatoms. The van der Waals surface area contributed by atoms with Crippen molar-refractivity contribution in [2.24, 2.45) is 5.92 Å². The van der Waals surface area contributed by atoms with Gasteiger partial charge < -0.3 is 15.4 Å². The van der Waals surface area contributed by atoms with Crippen LogP contribution in [0, 0.1) is 18.7 Å². The Labute approximate surface area is 152 Å². The van der Waals surface area contributed by atoms with Crippen LogP contribution in [0.2, 0.25) is 0 Å². The summed E-state index contributed by atoms with van der Waals surface area (Å²) in [6.07, 6.45) is -0.682. The molecular formula is C20H23FN2O3. The van der Waals surface area contributed by atoms with E-state index in [9.17, 15) is 14.0 Å². The lowest BCUT2D eigenvalue weighted by molar-refractivity contribution is -0.119. The third kappa shape index (κ3) is 5.31. The zero-order valence-corrected chi connectivity index (χ0v) is 15.1. The summed E-state index contributed by atoms with van der Waals surface area (Å²) in [7, 11) is 0. The maximum atomic E-state index is 13.6. The molecule has 0 heterocycles. The van der Waals surface area contributed by atoms with Gasteiger partial charge in [0, 0.05) is 11.3 Å². The summed E-state index contributed by atoms with van der Waals surface area (Å²) in [5.41, 5.74) is 1.57. The van der Waals surface area contributed by atoms with E-state index in [1.54, 1.807) is 26.8 Å². The highest BCUT2D eigenvalue weighted by molar-refractivity contribution is 5.97. The molecule has 0 saturated carbocycles. The summed E-state index contributed by atoms with van der Waals surface area (Å²) >= 11 is 0. The molecule has 0 aliphatic carbocycles. The highest BCUT2D eigenvalue weighted by Gasteiger charge is 2.25. The highest BCUT2D eigenvalue weighted by atomic mass is 19.1. The lowest BCUT2D eigenvalue weighted by Gasteiger charge is -2.22. The Kier molecular flexibility index (Phi) is 6.72. The highest BCUT2D eigenvalue weighted by Crippen LogP contribution is 2.18. The zero-order valence-electron chi connectivity index (χ0n) is 15.1. The second-order valence-corrected chi connectivity index (χ2v) is 6.33. The molecule has 2 aromatic rings. The predicted octanol–water partition coefficient (Wildman–Crippen LogP) is 4.02. The average molecular weight is 358 g/mol. The number of hydrogen-bond donors (Lipinski definition) is 2. The maximum Gasteiger partial charge on any atom is 0.408 e. The van der Waals surface area contributed by atoms with Crippen molar-refractivity contribution in [1.82, 2.24) is 5.32 Å². The van der Waals surface area contributed by atoms with Crippen molar-refractivity contribution in [3.63, 3.8) is 0 Å². The number of halogens is 1. The number of hydrogen-bond acceptors (Lipinski definition) is 3. The van der Waals surface area contributed by atoms with Gasteiger partial charge in [0.1, 0.15) is 18.5 Å². The molecule has 0 bridgehead atoms. The first-order valence-electron chi connectivity index (χ1n) is 8.41. The third-order valence-corrected chi connectivity index (χ3v) is 3.96. The van der Waals surface area contributed by atoms with Gasteiger partial charge in [0.2, 0.25) is 5.91 Å². The molecule has 1 atom stereocenters. The van der Waals surface area contributed by atoms with E-state index in [1.165, 1.54) is 12.1 Å². The Morgan fingerprint density at radius 1 is 1.08 bits per heavy atom. The van der Waals surface area contributed by atoms with Crippen LogP contribution < -0.4 is 10.6 Å². The minimum Gasteiger partial charge on any atom is -0.445 e. The van der Waals surface area contributed by atoms with Gasteiger partial charge in [-0.05, 0) is 30.5 Å². The molecular weight excluding hydrogens is 335 g/mol. The van der Waals surface area contributed by atoms with Gasteiger partial charge in [-0.3, -0.25) is 4.79 Å². The Hall–Kier alpha value is -2.89. The first-order chi connectivity index (χ1) is 12.4. The van der Waals surface area contributed by atoms with Crippen LogP contribution in [-0.2, 0) is 16.1 Å². The van der Waals surface area contributed by atoms with Crippen LogP contribution in [0.3, 0.4) is 0 Å². The fourth-order valence-corrected chi connectivity index (χ4v) is 2.38. The third-order valence-electron chi connectivity index (χ3n) is 3.96. The summed E-state index contributed by atoms with van der Waals surface area (Å²) in [6, 6.07) is 12.9. The topological polar surface area (TPSA) is 67.4 Å². The number of amides is 2. The second kappa shape index (κ2) is 8.99. The van der Waals surface area contributed by atoms with Crippen LogP contribution >= 0.6 is 0 Å². The van der Waals surface area contributed by atoms with Crippen LogP contribution in [0.5, 0.6) is 0 Å². The van der Waals surface area contributed by atoms with E-state index in [1.807, 2.05) is 30.3 Å². The van der Waals surface area contributed by atoms with E-state index >= 15 is 0 Å². The number of nitrogens with one attached hydrogen (secondary N) is 2. The number of ether oxygens (including phenoxy) is 1. The van der Waals surface area contributed by atoms with Gasteiger partial charge in [0.25, 0.3) is 0 Å². The second-order valence-electron chi connectivity index (χ2n) is 6.33. The molecule has 2 N–H and O–H groups in total. The Morgan fingerprint density at radius 3 is 2.42 bits per heavy atom. The van der Waals surface area contributed by atoms with E-state index in [2.05, 4.69) is 10.6 Å². The first-order valence-corrected chi connectivity index (χ1v) is 8.41. The number of rotatable bonds is 6. The summed E-state index contributed by atoms with van der Waals surface area (Å²) in [4.78, 5) is 24.6. The number of carbonyl (C=O) groups excluding carboxylic acids is 2. The first kappa shape index (κ1) is 19.4. The molecule has 2 amide bonds. The van der Waals surface area contributed by atoms with Crippen molar-refractivity contribution in [1.29, 1.82) is 0 Å². The monoisotopic (exact) mass is 358 g/mol. The van der Waals surface area contributed by atoms with Gasteiger partial charge in [-0.15, -0.1) is 0 Å². The maximum absolute atomic E-state index is 13.6. The van der Waals surface area contributed by atoms with Crippen LogP contribution in [0.15, 0.2) is 48.5 Å².